The van der Waals surface area contributed by atoms with Crippen LogP contribution < -0.4 is 31.1 Å². The van der Waals surface area contributed by atoms with Gasteiger partial charge in [-0.25, -0.2) is 0 Å². The molecule has 5 heteroatoms. The minimum absolute atomic E-state index is 0.0170. The van der Waals surface area contributed by atoms with Crippen molar-refractivity contribution in [3.8, 4) is 22.3 Å². The van der Waals surface area contributed by atoms with Crippen LogP contribution in [0.4, 0.5) is 45.5 Å². The molecule has 0 spiro atoms. The van der Waals surface area contributed by atoms with E-state index in [0.29, 0.717) is 0 Å². The molecule has 14 rings (SSSR count). The lowest BCUT2D eigenvalue weighted by molar-refractivity contribution is 0.195. The number of nitrogens with zero attached hydrogens (tertiary/aromatic N) is 3. The van der Waals surface area contributed by atoms with Gasteiger partial charge in [-0.3, -0.25) is 0 Å². The maximum absolute atomic E-state index is 2.78. The molecule has 0 amide bonds. The van der Waals surface area contributed by atoms with E-state index in [-0.39, 0.29) is 28.5 Å². The van der Waals surface area contributed by atoms with Crippen molar-refractivity contribution in [2.75, 3.05) is 14.7 Å². The van der Waals surface area contributed by atoms with Gasteiger partial charge in [0.2, 0.25) is 0 Å². The number of hydrogen-bond acceptors (Lipinski definition) is 4. The van der Waals surface area contributed by atoms with Gasteiger partial charge in [0, 0.05) is 60.6 Å². The highest BCUT2D eigenvalue weighted by Gasteiger charge is 2.58. The Morgan fingerprint density at radius 1 is 0.474 bits per heavy atom. The molecular formula is C71H66BN3S. The summed E-state index contributed by atoms with van der Waals surface area (Å²) < 4.78 is 2.63. The lowest BCUT2D eigenvalue weighted by atomic mass is 9.33. The van der Waals surface area contributed by atoms with E-state index in [1.807, 2.05) is 11.3 Å². The van der Waals surface area contributed by atoms with Gasteiger partial charge in [-0.05, 0) is 160 Å². The predicted molar refractivity (Wildman–Crippen MR) is 329 cm³/mol. The third-order valence-electron chi connectivity index (χ3n) is 18.3. The summed E-state index contributed by atoms with van der Waals surface area (Å²) in [5, 5.41) is 2.62. The maximum Gasteiger partial charge on any atom is 0.252 e. The molecule has 4 aliphatic rings. The van der Waals surface area contributed by atoms with E-state index in [0.717, 1.165) is 6.42 Å². The summed E-state index contributed by atoms with van der Waals surface area (Å²) in [7, 11) is 0. The topological polar surface area (TPSA) is 9.72 Å². The molecule has 2 unspecified atom stereocenters. The first kappa shape index (κ1) is 47.1. The molecule has 3 aliphatic heterocycles. The van der Waals surface area contributed by atoms with Crippen LogP contribution in [-0.4, -0.2) is 12.3 Å². The normalized spacial score (nSPS) is 18.6. The second-order valence-corrected chi connectivity index (χ2v) is 26.0. The quantitative estimate of drug-likeness (QED) is 0.159. The minimum Gasteiger partial charge on any atom is -0.334 e. The van der Waals surface area contributed by atoms with Crippen LogP contribution in [0.25, 0.3) is 42.4 Å². The molecule has 374 valence electrons. The average molecular weight is 1000 g/mol. The van der Waals surface area contributed by atoms with Crippen LogP contribution in [0.2, 0.25) is 0 Å². The van der Waals surface area contributed by atoms with Gasteiger partial charge in [0.15, 0.2) is 0 Å². The van der Waals surface area contributed by atoms with Crippen LogP contribution in [0.1, 0.15) is 103 Å². The Hall–Kier alpha value is -7.34. The van der Waals surface area contributed by atoms with Crippen molar-refractivity contribution in [3.05, 3.63) is 210 Å². The van der Waals surface area contributed by atoms with Crippen LogP contribution in [0.15, 0.2) is 188 Å². The van der Waals surface area contributed by atoms with Crippen molar-refractivity contribution in [1.29, 1.82) is 0 Å². The van der Waals surface area contributed by atoms with E-state index in [1.54, 1.807) is 0 Å². The molecule has 1 aliphatic carbocycles. The molecule has 1 fully saturated rings. The Bertz CT molecular complexity index is 3990. The Morgan fingerprint density at radius 2 is 1.08 bits per heavy atom. The SMILES string of the molecule is Cc1cc2c3c(c1)N(c1cccc4c1sc1ccccc14)c1cc(N4c5ccc(-c6ccccc6)cc5C5(C)CCCCC45C)ccc1B3c1ccc(C(C)(C)C)cc1N2c1ccc(C(C)(C)C)cc1-c1ccccc1. The van der Waals surface area contributed by atoms with Crippen LogP contribution >= 0.6 is 11.3 Å². The molecule has 2 atom stereocenters. The zero-order chi connectivity index (χ0) is 52.0. The molecule has 3 nitrogen and oxygen atoms in total. The van der Waals surface area contributed by atoms with Crippen molar-refractivity contribution < 1.29 is 0 Å². The lowest BCUT2D eigenvalue weighted by Crippen LogP contribution is -2.61. The van der Waals surface area contributed by atoms with E-state index in [4.69, 9.17) is 0 Å². The summed E-state index contributed by atoms with van der Waals surface area (Å²) in [6.07, 6.45) is 4.77. The average Bonchev–Trinajstić information content (AvgIpc) is 3.95. The third kappa shape index (κ3) is 6.93. The third-order valence-corrected chi connectivity index (χ3v) is 19.6. The Labute approximate surface area is 454 Å². The van der Waals surface area contributed by atoms with Crippen molar-refractivity contribution in [1.82, 2.24) is 0 Å². The van der Waals surface area contributed by atoms with E-state index < -0.39 is 0 Å². The molecular weight excluding hydrogens is 938 g/mol. The summed E-state index contributed by atoms with van der Waals surface area (Å²) in [6, 6.07) is 72.7. The molecule has 9 aromatic carbocycles. The molecule has 1 aromatic heterocycles. The lowest BCUT2D eigenvalue weighted by Gasteiger charge is -2.50. The van der Waals surface area contributed by atoms with E-state index in [2.05, 4.69) is 265 Å². The van der Waals surface area contributed by atoms with Crippen LogP contribution in [0.3, 0.4) is 0 Å². The highest BCUT2D eigenvalue weighted by molar-refractivity contribution is 7.26. The van der Waals surface area contributed by atoms with Crippen LogP contribution in [-0.2, 0) is 16.2 Å². The minimum atomic E-state index is -0.121. The van der Waals surface area contributed by atoms with Gasteiger partial charge in [-0.2, -0.15) is 0 Å². The first-order valence-corrected chi connectivity index (χ1v) is 28.6. The fraction of sp³-hybridized carbons (Fsp3) is 0.239. The molecule has 76 heavy (non-hydrogen) atoms. The summed E-state index contributed by atoms with van der Waals surface area (Å²) in [5.74, 6) is 0. The second-order valence-electron chi connectivity index (χ2n) is 24.9. The van der Waals surface area contributed by atoms with Gasteiger partial charge < -0.3 is 14.7 Å². The van der Waals surface area contributed by atoms with Gasteiger partial charge in [-0.15, -0.1) is 11.3 Å². The molecule has 0 radical (unpaired) electrons. The smallest absolute Gasteiger partial charge is 0.252 e. The fourth-order valence-electron chi connectivity index (χ4n) is 14.1. The predicted octanol–water partition coefficient (Wildman–Crippen LogP) is 18.1. The fourth-order valence-corrected chi connectivity index (χ4v) is 15.3. The van der Waals surface area contributed by atoms with Crippen molar-refractivity contribution in [2.24, 2.45) is 0 Å². The van der Waals surface area contributed by atoms with E-state index in [9.17, 15) is 0 Å². The zero-order valence-corrected chi connectivity index (χ0v) is 46.4. The van der Waals surface area contributed by atoms with E-state index in [1.165, 1.54) is 146 Å². The van der Waals surface area contributed by atoms with Crippen LogP contribution in [0, 0.1) is 6.92 Å². The molecule has 0 bridgehead atoms. The Morgan fingerprint density at radius 3 is 1.82 bits per heavy atom. The summed E-state index contributed by atoms with van der Waals surface area (Å²) in [6.45, 7) is 21.5. The summed E-state index contributed by atoms with van der Waals surface area (Å²) in [5.41, 5.74) is 24.2. The number of anilines is 8. The first-order chi connectivity index (χ1) is 36.6. The van der Waals surface area contributed by atoms with Gasteiger partial charge in [0.1, 0.15) is 0 Å². The van der Waals surface area contributed by atoms with Gasteiger partial charge in [-0.1, -0.05) is 183 Å². The highest BCUT2D eigenvalue weighted by Crippen LogP contribution is 2.62. The molecule has 10 aromatic rings. The van der Waals surface area contributed by atoms with Crippen LogP contribution in [0.5, 0.6) is 0 Å². The molecule has 0 N–H and O–H groups in total. The number of thiophene rings is 1. The highest BCUT2D eigenvalue weighted by atomic mass is 32.1. The van der Waals surface area contributed by atoms with Gasteiger partial charge >= 0.3 is 0 Å². The van der Waals surface area contributed by atoms with Crippen molar-refractivity contribution in [3.63, 3.8) is 0 Å². The largest absolute Gasteiger partial charge is 0.334 e. The molecule has 4 heterocycles. The number of benzene rings is 9. The van der Waals surface area contributed by atoms with Crippen molar-refractivity contribution in [2.45, 2.75) is 110 Å². The molecule has 0 saturated heterocycles. The summed E-state index contributed by atoms with van der Waals surface area (Å²) >= 11 is 1.92. The number of hydrogen-bond donors (Lipinski definition) is 0. The zero-order valence-electron chi connectivity index (χ0n) is 45.6. The van der Waals surface area contributed by atoms with Gasteiger partial charge in [0.25, 0.3) is 6.71 Å². The van der Waals surface area contributed by atoms with E-state index >= 15 is 0 Å². The van der Waals surface area contributed by atoms with Gasteiger partial charge in [0.05, 0.1) is 21.6 Å². The maximum atomic E-state index is 2.78. The number of fused-ring (bicyclic) bond motifs is 10. The first-order valence-electron chi connectivity index (χ1n) is 27.7. The second kappa shape index (κ2) is 16.8. The number of aryl methyl sites for hydroxylation is 1. The summed E-state index contributed by atoms with van der Waals surface area (Å²) in [4.78, 5) is 8.11. The monoisotopic (exact) mass is 1000 g/mol. The number of rotatable bonds is 5. The Kier molecular flexibility index (Phi) is 10.4. The van der Waals surface area contributed by atoms with Crippen molar-refractivity contribution >= 4 is 100 Å². The molecule has 1 saturated carbocycles. The standard InChI is InChI=1S/C71H66BN3S/c1-45-39-63-66-64(40-45)74(60-27-20-26-53-52-25-16-17-28-65(52)76-67(53)60)62-44-51(75-59-35-29-48(46-21-12-10-13-22-46)41-55(59)70(8)37-18-19-38-71(70,75)9)32-34-57(62)72(66)56-33-30-50(69(5,6)7)43-61(56)73(63)58-36-31-49(68(2,3)4)42-54(58)47-23-14-11-15-24-47/h10-17,20-36,39-44H,18-19,37-38H2,1-9H3. The Balaban J connectivity index is 1.06.